The van der Waals surface area contributed by atoms with Crippen molar-refractivity contribution in [1.82, 2.24) is 9.88 Å². The van der Waals surface area contributed by atoms with Gasteiger partial charge in [-0.1, -0.05) is 43.5 Å². The van der Waals surface area contributed by atoms with Crippen LogP contribution in [0.3, 0.4) is 0 Å². The van der Waals surface area contributed by atoms with Crippen molar-refractivity contribution >= 4 is 27.5 Å². The summed E-state index contributed by atoms with van der Waals surface area (Å²) in [6, 6.07) is 15.8. The Morgan fingerprint density at radius 3 is 2.63 bits per heavy atom. The number of rotatable bonds is 11. The summed E-state index contributed by atoms with van der Waals surface area (Å²) >= 11 is 0. The van der Waals surface area contributed by atoms with Crippen molar-refractivity contribution in [3.63, 3.8) is 0 Å². The molecule has 0 saturated heterocycles. The maximum Gasteiger partial charge on any atom is 0.305 e. The molecular weight excluding hydrogens is 573 g/mol. The molecule has 0 amide bonds. The molecule has 5 rings (SSSR count). The lowest BCUT2D eigenvalue weighted by Gasteiger charge is -2.28. The number of ketones is 1. The highest BCUT2D eigenvalue weighted by Crippen LogP contribution is 2.34. The lowest BCUT2D eigenvalue weighted by Crippen LogP contribution is -2.35. The summed E-state index contributed by atoms with van der Waals surface area (Å²) in [6.45, 7) is -0.320. The smallest absolute Gasteiger partial charge is 0.305 e. The maximum atomic E-state index is 13.6. The number of pyridine rings is 1. The number of aliphatic carboxylic acids is 1. The second-order valence-electron chi connectivity index (χ2n) is 10.6. The van der Waals surface area contributed by atoms with E-state index < -0.39 is 27.6 Å². The predicted molar refractivity (Wildman–Crippen MR) is 158 cm³/mol. The standard InChI is InChI=1S/C32H32FN3O6S/c33-25-11-4-7-22(17-25)20-42-21-36(16-14-30(37)38)29-19-28(27-13-6-15-34-31(27)32(29)39)35-43(40,41)26-12-5-10-24(18-26)23-8-2-1-3-9-23/h4-7,10-13,15,17-19,23H,1-3,8-9,14,16,20-21H2,(H,37,38)/b35-28+. The van der Waals surface area contributed by atoms with Crippen LogP contribution in [0.4, 0.5) is 4.39 Å². The van der Waals surface area contributed by atoms with Crippen molar-refractivity contribution < 1.29 is 32.2 Å². The fourth-order valence-corrected chi connectivity index (χ4v) is 6.48. The minimum absolute atomic E-state index is 0.00315. The zero-order valence-corrected chi connectivity index (χ0v) is 24.3. The molecule has 1 fully saturated rings. The van der Waals surface area contributed by atoms with Gasteiger partial charge in [-0.2, -0.15) is 12.8 Å². The van der Waals surface area contributed by atoms with Crippen molar-refractivity contribution in [2.24, 2.45) is 4.40 Å². The van der Waals surface area contributed by atoms with Crippen LogP contribution in [0.25, 0.3) is 0 Å². The number of fused-ring (bicyclic) bond motifs is 1. The first-order valence-corrected chi connectivity index (χ1v) is 15.6. The highest BCUT2D eigenvalue weighted by molar-refractivity contribution is 7.90. The average molecular weight is 606 g/mol. The summed E-state index contributed by atoms with van der Waals surface area (Å²) in [4.78, 5) is 30.6. The van der Waals surface area contributed by atoms with E-state index in [0.29, 0.717) is 11.5 Å². The van der Waals surface area contributed by atoms with E-state index in [1.54, 1.807) is 36.4 Å². The molecule has 3 aromatic rings. The molecule has 1 heterocycles. The molecule has 2 aliphatic rings. The van der Waals surface area contributed by atoms with Gasteiger partial charge in [-0.25, -0.2) is 4.39 Å². The van der Waals surface area contributed by atoms with Crippen molar-refractivity contribution in [1.29, 1.82) is 0 Å². The maximum absolute atomic E-state index is 13.6. The van der Waals surface area contributed by atoms with Crippen LogP contribution in [0.5, 0.6) is 0 Å². The topological polar surface area (TPSA) is 126 Å². The molecule has 224 valence electrons. The average Bonchev–Trinajstić information content (AvgIpc) is 3.01. The molecule has 0 radical (unpaired) electrons. The molecule has 1 saturated carbocycles. The Labute approximate surface area is 249 Å². The van der Waals surface area contributed by atoms with Crippen LogP contribution in [-0.4, -0.2) is 54.1 Å². The van der Waals surface area contributed by atoms with Crippen LogP contribution in [0.2, 0.25) is 0 Å². The molecule has 0 unspecified atom stereocenters. The minimum Gasteiger partial charge on any atom is -0.481 e. The predicted octanol–water partition coefficient (Wildman–Crippen LogP) is 5.48. The first kappa shape index (κ1) is 30.2. The Hall–Kier alpha value is -4.22. The summed E-state index contributed by atoms with van der Waals surface area (Å²) in [6.07, 6.45) is 7.87. The summed E-state index contributed by atoms with van der Waals surface area (Å²) in [5, 5.41) is 9.34. The number of nitrogens with zero attached hydrogens (tertiary/aromatic N) is 3. The van der Waals surface area contributed by atoms with Gasteiger partial charge in [0.2, 0.25) is 5.78 Å². The van der Waals surface area contributed by atoms with Crippen molar-refractivity contribution in [3.8, 4) is 0 Å². The van der Waals surface area contributed by atoms with Gasteiger partial charge in [0, 0.05) is 18.3 Å². The number of aromatic nitrogens is 1. The largest absolute Gasteiger partial charge is 0.481 e. The highest BCUT2D eigenvalue weighted by atomic mass is 32.2. The molecule has 9 nitrogen and oxygen atoms in total. The third-order valence-electron chi connectivity index (χ3n) is 7.60. The van der Waals surface area contributed by atoms with Gasteiger partial charge in [0.25, 0.3) is 10.0 Å². The van der Waals surface area contributed by atoms with Crippen LogP contribution in [0, 0.1) is 5.82 Å². The number of hydrogen-bond donors (Lipinski definition) is 1. The molecule has 2 aromatic carbocycles. The van der Waals surface area contributed by atoms with E-state index in [1.807, 2.05) is 6.07 Å². The molecule has 1 aromatic heterocycles. The number of carbonyl (C=O) groups is 2. The fourth-order valence-electron chi connectivity index (χ4n) is 5.43. The van der Waals surface area contributed by atoms with Crippen LogP contribution < -0.4 is 0 Å². The Morgan fingerprint density at radius 2 is 1.86 bits per heavy atom. The monoisotopic (exact) mass is 605 g/mol. The van der Waals surface area contributed by atoms with Crippen molar-refractivity contribution in [2.75, 3.05) is 13.3 Å². The summed E-state index contributed by atoms with van der Waals surface area (Å²) < 4.78 is 50.7. The SMILES string of the molecule is O=C(O)CCN(COCc1cccc(F)c1)C1=C/C(=N\S(=O)(=O)c2cccc(C3CCCCC3)c2)c2cccnc2C1=O. The van der Waals surface area contributed by atoms with E-state index in [4.69, 9.17) is 4.74 Å². The number of halogens is 1. The highest BCUT2D eigenvalue weighted by Gasteiger charge is 2.31. The first-order valence-electron chi connectivity index (χ1n) is 14.2. The number of allylic oxidation sites excluding steroid dienone is 2. The van der Waals surface area contributed by atoms with E-state index in [9.17, 15) is 27.5 Å². The Balaban J connectivity index is 1.48. The van der Waals surface area contributed by atoms with E-state index >= 15 is 0 Å². The van der Waals surface area contributed by atoms with Gasteiger partial charge in [-0.05, 0) is 72.4 Å². The van der Waals surface area contributed by atoms with Crippen LogP contribution in [0.15, 0.2) is 87.9 Å². The van der Waals surface area contributed by atoms with Gasteiger partial charge in [0.1, 0.15) is 18.2 Å². The summed E-state index contributed by atoms with van der Waals surface area (Å²) in [7, 11) is -4.19. The molecule has 43 heavy (non-hydrogen) atoms. The van der Waals surface area contributed by atoms with E-state index in [2.05, 4.69) is 9.38 Å². The number of carboxylic acid groups (broad SMARTS) is 1. The quantitative estimate of drug-likeness (QED) is 0.285. The zero-order valence-electron chi connectivity index (χ0n) is 23.5. The third kappa shape index (κ3) is 7.41. The second kappa shape index (κ2) is 13.4. The number of ether oxygens (including phenoxy) is 1. The molecule has 0 bridgehead atoms. The van der Waals surface area contributed by atoms with Gasteiger partial charge in [0.15, 0.2) is 0 Å². The van der Waals surface area contributed by atoms with Crippen LogP contribution in [-0.2, 0) is 26.2 Å². The fraction of sp³-hybridized carbons (Fsp3) is 0.312. The second-order valence-corrected chi connectivity index (χ2v) is 12.2. The van der Waals surface area contributed by atoms with E-state index in [-0.39, 0.29) is 53.9 Å². The minimum atomic E-state index is -4.19. The summed E-state index contributed by atoms with van der Waals surface area (Å²) in [5.74, 6) is -1.74. The molecule has 11 heteroatoms. The Morgan fingerprint density at radius 1 is 1.07 bits per heavy atom. The van der Waals surface area contributed by atoms with Crippen LogP contribution >= 0.6 is 0 Å². The van der Waals surface area contributed by atoms with Gasteiger partial charge in [-0.3, -0.25) is 14.6 Å². The molecule has 0 atom stereocenters. The molecule has 0 aliphatic heterocycles. The number of benzene rings is 2. The van der Waals surface area contributed by atoms with Crippen LogP contribution in [0.1, 0.15) is 71.6 Å². The molecular formula is C32H32FN3O6S. The van der Waals surface area contributed by atoms with Crippen molar-refractivity contribution in [3.05, 3.63) is 107 Å². The summed E-state index contributed by atoms with van der Waals surface area (Å²) in [5.41, 5.74) is 1.77. The van der Waals surface area contributed by atoms with Gasteiger partial charge in [-0.15, -0.1) is 0 Å². The number of hydrogen-bond acceptors (Lipinski definition) is 7. The molecule has 1 N–H and O–H groups in total. The van der Waals surface area contributed by atoms with Gasteiger partial charge < -0.3 is 14.7 Å². The first-order chi connectivity index (χ1) is 20.7. The van der Waals surface area contributed by atoms with E-state index in [0.717, 1.165) is 31.2 Å². The van der Waals surface area contributed by atoms with E-state index in [1.165, 1.54) is 41.8 Å². The Bertz CT molecular complexity index is 1680. The third-order valence-corrected chi connectivity index (χ3v) is 8.88. The van der Waals surface area contributed by atoms with Gasteiger partial charge in [0.05, 0.1) is 29.3 Å². The number of Topliss-reactive ketones (excluding diaryl/α,β-unsaturated/α-hetero) is 1. The lowest BCUT2D eigenvalue weighted by molar-refractivity contribution is -0.137. The molecule has 0 spiro atoms. The number of carboxylic acids is 1. The normalized spacial score (nSPS) is 16.5. The Kier molecular flexibility index (Phi) is 9.42. The molecule has 2 aliphatic carbocycles. The zero-order chi connectivity index (χ0) is 30.4. The van der Waals surface area contributed by atoms with Gasteiger partial charge >= 0.3 is 5.97 Å². The number of carbonyl (C=O) groups excluding carboxylic acids is 1. The number of sulfonamides is 1. The lowest BCUT2D eigenvalue weighted by atomic mass is 9.84. The van der Waals surface area contributed by atoms with Crippen molar-refractivity contribution in [2.45, 2.75) is 55.9 Å².